The van der Waals surface area contributed by atoms with Crippen molar-refractivity contribution in [1.29, 1.82) is 0 Å². The number of carbonyl (C=O) groups is 1. The zero-order valence-electron chi connectivity index (χ0n) is 13.9. The first-order valence-electron chi connectivity index (χ1n) is 8.15. The second kappa shape index (κ2) is 8.56. The third kappa shape index (κ3) is 4.37. The number of benzene rings is 1. The summed E-state index contributed by atoms with van der Waals surface area (Å²) in [6.45, 7) is -0.109. The van der Waals surface area contributed by atoms with Gasteiger partial charge in [-0.25, -0.2) is 4.98 Å². The molecule has 3 atom stereocenters. The zero-order valence-corrected chi connectivity index (χ0v) is 14.7. The van der Waals surface area contributed by atoms with Crippen molar-refractivity contribution in [3.05, 3.63) is 40.3 Å². The standard InChI is InChI=1S/C17H20N2O6S/c20-5-6-24-11-3-1-10(2-4-11)18-16(23)12-9-26-17(19-12)14-7-13(22)15(8-21)25-14/h1-4,9,13-15,20-22H,5-8H2,(H,18,23)/t13-,14+,15+/m0/s1. The van der Waals surface area contributed by atoms with E-state index in [1.54, 1.807) is 29.6 Å². The topological polar surface area (TPSA) is 121 Å². The molecule has 1 fully saturated rings. The molecule has 140 valence electrons. The summed E-state index contributed by atoms with van der Waals surface area (Å²) in [6.07, 6.45) is -1.43. The van der Waals surface area contributed by atoms with E-state index in [-0.39, 0.29) is 31.4 Å². The highest BCUT2D eigenvalue weighted by Gasteiger charge is 2.36. The Labute approximate surface area is 154 Å². The summed E-state index contributed by atoms with van der Waals surface area (Å²) in [4.78, 5) is 16.6. The van der Waals surface area contributed by atoms with Crippen LogP contribution in [-0.2, 0) is 4.74 Å². The minimum absolute atomic E-state index is 0.0641. The van der Waals surface area contributed by atoms with Crippen molar-refractivity contribution in [1.82, 2.24) is 4.98 Å². The molecule has 0 unspecified atom stereocenters. The molecule has 0 saturated carbocycles. The summed E-state index contributed by atoms with van der Waals surface area (Å²) in [5.41, 5.74) is 0.852. The van der Waals surface area contributed by atoms with E-state index >= 15 is 0 Å². The van der Waals surface area contributed by atoms with Gasteiger partial charge in [-0.05, 0) is 24.3 Å². The summed E-state index contributed by atoms with van der Waals surface area (Å²) >= 11 is 1.28. The number of hydrogen-bond donors (Lipinski definition) is 4. The van der Waals surface area contributed by atoms with Crippen molar-refractivity contribution in [3.8, 4) is 5.75 Å². The predicted molar refractivity (Wildman–Crippen MR) is 94.4 cm³/mol. The quantitative estimate of drug-likeness (QED) is 0.564. The largest absolute Gasteiger partial charge is 0.491 e. The molecule has 0 radical (unpaired) electrons. The number of hydrogen-bond acceptors (Lipinski definition) is 8. The highest BCUT2D eigenvalue weighted by atomic mass is 32.1. The number of anilines is 1. The van der Waals surface area contributed by atoms with Gasteiger partial charge in [0.1, 0.15) is 35.3 Å². The number of amides is 1. The lowest BCUT2D eigenvalue weighted by Crippen LogP contribution is -2.24. The summed E-state index contributed by atoms with van der Waals surface area (Å²) in [6, 6.07) is 6.78. The van der Waals surface area contributed by atoms with Gasteiger partial charge in [0.2, 0.25) is 0 Å². The molecule has 0 aliphatic carbocycles. The lowest BCUT2D eigenvalue weighted by Gasteiger charge is -2.10. The van der Waals surface area contributed by atoms with E-state index in [2.05, 4.69) is 10.3 Å². The zero-order chi connectivity index (χ0) is 18.5. The first kappa shape index (κ1) is 18.7. The summed E-state index contributed by atoms with van der Waals surface area (Å²) < 4.78 is 10.8. The first-order valence-corrected chi connectivity index (χ1v) is 9.03. The maximum Gasteiger partial charge on any atom is 0.275 e. The average Bonchev–Trinajstić information content (AvgIpc) is 3.27. The monoisotopic (exact) mass is 380 g/mol. The second-order valence-corrected chi connectivity index (χ2v) is 6.66. The van der Waals surface area contributed by atoms with Gasteiger partial charge >= 0.3 is 0 Å². The van der Waals surface area contributed by atoms with Crippen LogP contribution in [0.15, 0.2) is 29.6 Å². The lowest BCUT2D eigenvalue weighted by atomic mass is 10.1. The number of aromatic nitrogens is 1. The van der Waals surface area contributed by atoms with Gasteiger partial charge in [0, 0.05) is 17.5 Å². The van der Waals surface area contributed by atoms with Crippen LogP contribution < -0.4 is 10.1 Å². The molecule has 9 heteroatoms. The van der Waals surface area contributed by atoms with E-state index in [1.165, 1.54) is 11.3 Å². The molecule has 1 aromatic heterocycles. The number of aliphatic hydroxyl groups excluding tert-OH is 3. The van der Waals surface area contributed by atoms with E-state index in [9.17, 15) is 9.90 Å². The molecule has 26 heavy (non-hydrogen) atoms. The van der Waals surface area contributed by atoms with Crippen molar-refractivity contribution in [2.75, 3.05) is 25.1 Å². The molecule has 0 spiro atoms. The van der Waals surface area contributed by atoms with Gasteiger partial charge in [-0.2, -0.15) is 0 Å². The minimum atomic E-state index is -0.738. The predicted octanol–water partition coefficient (Wildman–Crippen LogP) is 0.950. The summed E-state index contributed by atoms with van der Waals surface area (Å²) in [5, 5.41) is 32.6. The average molecular weight is 380 g/mol. The third-order valence-corrected chi connectivity index (χ3v) is 4.84. The van der Waals surface area contributed by atoms with Crippen LogP contribution in [-0.4, -0.2) is 58.2 Å². The molecule has 2 heterocycles. The van der Waals surface area contributed by atoms with Gasteiger partial charge in [0.15, 0.2) is 0 Å². The minimum Gasteiger partial charge on any atom is -0.491 e. The Bertz CT molecular complexity index is 735. The van der Waals surface area contributed by atoms with Gasteiger partial charge in [0.05, 0.1) is 19.3 Å². The van der Waals surface area contributed by atoms with Crippen LogP contribution in [0.5, 0.6) is 5.75 Å². The molecule has 3 rings (SSSR count). The van der Waals surface area contributed by atoms with Crippen molar-refractivity contribution >= 4 is 22.9 Å². The number of aliphatic hydroxyl groups is 3. The fraction of sp³-hybridized carbons (Fsp3) is 0.412. The summed E-state index contributed by atoms with van der Waals surface area (Å²) in [5.74, 6) is 0.247. The van der Waals surface area contributed by atoms with E-state index in [1.807, 2.05) is 0 Å². The Morgan fingerprint density at radius 1 is 1.35 bits per heavy atom. The van der Waals surface area contributed by atoms with E-state index in [0.29, 0.717) is 22.9 Å². The molecule has 2 aromatic rings. The maximum atomic E-state index is 12.3. The number of nitrogens with one attached hydrogen (secondary N) is 1. The number of carbonyl (C=O) groups excluding carboxylic acids is 1. The SMILES string of the molecule is O=C(Nc1ccc(OCCO)cc1)c1csc([C@H]2C[C@H](O)[C@@H](CO)O2)n1. The normalized spacial score (nSPS) is 22.3. The van der Waals surface area contributed by atoms with E-state index < -0.39 is 18.3 Å². The van der Waals surface area contributed by atoms with Crippen molar-refractivity contribution in [2.24, 2.45) is 0 Å². The Morgan fingerprint density at radius 2 is 2.12 bits per heavy atom. The Balaban J connectivity index is 1.60. The molecular weight excluding hydrogens is 360 g/mol. The molecule has 8 nitrogen and oxygen atoms in total. The number of rotatable bonds is 7. The van der Waals surface area contributed by atoms with Crippen LogP contribution in [0.1, 0.15) is 28.0 Å². The molecule has 1 amide bonds. The van der Waals surface area contributed by atoms with E-state index in [4.69, 9.17) is 19.7 Å². The first-order chi connectivity index (χ1) is 12.6. The van der Waals surface area contributed by atoms with Crippen LogP contribution in [0.3, 0.4) is 0 Å². The molecule has 1 aliphatic rings. The van der Waals surface area contributed by atoms with Crippen molar-refractivity contribution < 1.29 is 29.6 Å². The Hall–Kier alpha value is -2.04. The van der Waals surface area contributed by atoms with Crippen LogP contribution in [0.25, 0.3) is 0 Å². The van der Waals surface area contributed by atoms with Gasteiger partial charge in [0.25, 0.3) is 5.91 Å². The highest BCUT2D eigenvalue weighted by molar-refractivity contribution is 7.09. The molecule has 1 aromatic carbocycles. The summed E-state index contributed by atoms with van der Waals surface area (Å²) in [7, 11) is 0. The highest BCUT2D eigenvalue weighted by Crippen LogP contribution is 2.34. The van der Waals surface area contributed by atoms with Gasteiger partial charge in [-0.3, -0.25) is 4.79 Å². The molecular formula is C17H20N2O6S. The molecule has 4 N–H and O–H groups in total. The van der Waals surface area contributed by atoms with Crippen LogP contribution in [0, 0.1) is 0 Å². The van der Waals surface area contributed by atoms with Crippen LogP contribution in [0.4, 0.5) is 5.69 Å². The Morgan fingerprint density at radius 3 is 2.77 bits per heavy atom. The fourth-order valence-corrected chi connectivity index (χ4v) is 3.43. The molecule has 0 bridgehead atoms. The van der Waals surface area contributed by atoms with Crippen molar-refractivity contribution in [2.45, 2.75) is 24.7 Å². The number of thiazole rings is 1. The molecule has 1 aliphatic heterocycles. The van der Waals surface area contributed by atoms with Gasteiger partial charge < -0.3 is 30.1 Å². The Kier molecular flexibility index (Phi) is 6.17. The van der Waals surface area contributed by atoms with Crippen LogP contribution in [0.2, 0.25) is 0 Å². The lowest BCUT2D eigenvalue weighted by molar-refractivity contribution is -0.0226. The van der Waals surface area contributed by atoms with Gasteiger partial charge in [-0.1, -0.05) is 0 Å². The second-order valence-electron chi connectivity index (χ2n) is 5.77. The maximum absolute atomic E-state index is 12.3. The van der Waals surface area contributed by atoms with Gasteiger partial charge in [-0.15, -0.1) is 11.3 Å². The molecule has 1 saturated heterocycles. The third-order valence-electron chi connectivity index (χ3n) is 3.91. The van der Waals surface area contributed by atoms with Crippen LogP contribution >= 0.6 is 11.3 Å². The number of nitrogens with zero attached hydrogens (tertiary/aromatic N) is 1. The van der Waals surface area contributed by atoms with E-state index in [0.717, 1.165) is 0 Å². The smallest absolute Gasteiger partial charge is 0.275 e. The fourth-order valence-electron chi connectivity index (χ4n) is 2.58. The number of ether oxygens (including phenoxy) is 2. The van der Waals surface area contributed by atoms with Crippen molar-refractivity contribution in [3.63, 3.8) is 0 Å².